The van der Waals surface area contributed by atoms with Crippen LogP contribution in [0.15, 0.2) is 71.8 Å². The van der Waals surface area contributed by atoms with Crippen molar-refractivity contribution in [2.75, 3.05) is 4.72 Å². The van der Waals surface area contributed by atoms with Crippen LogP contribution in [0.25, 0.3) is 0 Å². The Balaban J connectivity index is 1.94. The Labute approximate surface area is 155 Å². The largest absolute Gasteiger partial charge is 0.437 e. The number of sulfonamides is 1. The Morgan fingerprint density at radius 1 is 0.920 bits per heavy atom. The van der Waals surface area contributed by atoms with Crippen LogP contribution in [0.4, 0.5) is 5.69 Å². The van der Waals surface area contributed by atoms with E-state index in [4.69, 9.17) is 27.9 Å². The number of hydrogen-bond donors (Lipinski definition) is 1. The predicted molar refractivity (Wildman–Crippen MR) is 98.0 cm³/mol. The van der Waals surface area contributed by atoms with Crippen molar-refractivity contribution in [1.29, 1.82) is 0 Å². The van der Waals surface area contributed by atoms with Crippen LogP contribution in [-0.2, 0) is 10.0 Å². The second kappa shape index (κ2) is 7.31. The fraction of sp³-hybridized carbons (Fsp3) is 0. The molecule has 5 nitrogen and oxygen atoms in total. The van der Waals surface area contributed by atoms with Gasteiger partial charge in [0.15, 0.2) is 0 Å². The molecular formula is C17H12Cl2N2O3S. The van der Waals surface area contributed by atoms with Crippen molar-refractivity contribution in [3.05, 3.63) is 76.9 Å². The molecule has 0 fully saturated rings. The molecule has 128 valence electrons. The van der Waals surface area contributed by atoms with Gasteiger partial charge in [0.1, 0.15) is 16.3 Å². The molecule has 0 saturated heterocycles. The Hall–Kier alpha value is -2.28. The van der Waals surface area contributed by atoms with E-state index in [0.29, 0.717) is 5.75 Å². The topological polar surface area (TPSA) is 68.3 Å². The third kappa shape index (κ3) is 4.04. The maximum atomic E-state index is 12.6. The molecule has 0 aliphatic rings. The third-order valence-electron chi connectivity index (χ3n) is 3.18. The van der Waals surface area contributed by atoms with Gasteiger partial charge in [0.2, 0.25) is 5.88 Å². The molecule has 1 heterocycles. The molecule has 0 atom stereocenters. The lowest BCUT2D eigenvalue weighted by Gasteiger charge is -2.13. The van der Waals surface area contributed by atoms with Crippen molar-refractivity contribution in [3.8, 4) is 11.6 Å². The van der Waals surface area contributed by atoms with Gasteiger partial charge in [-0.3, -0.25) is 4.72 Å². The molecule has 3 aromatic rings. The van der Waals surface area contributed by atoms with Gasteiger partial charge in [-0.05, 0) is 36.4 Å². The van der Waals surface area contributed by atoms with E-state index in [0.717, 1.165) is 0 Å². The third-order valence-corrected chi connectivity index (χ3v) is 5.52. The van der Waals surface area contributed by atoms with Gasteiger partial charge in [-0.25, -0.2) is 13.4 Å². The molecule has 1 N–H and O–H groups in total. The first-order valence-electron chi connectivity index (χ1n) is 7.12. The first kappa shape index (κ1) is 17.5. The van der Waals surface area contributed by atoms with E-state index >= 15 is 0 Å². The number of rotatable bonds is 5. The predicted octanol–water partition coefficient (Wildman–Crippen LogP) is 4.98. The van der Waals surface area contributed by atoms with E-state index in [2.05, 4.69) is 9.71 Å². The zero-order valence-corrected chi connectivity index (χ0v) is 15.0. The lowest BCUT2D eigenvalue weighted by atomic mass is 10.3. The Bertz CT molecular complexity index is 996. The van der Waals surface area contributed by atoms with E-state index in [-0.39, 0.29) is 26.5 Å². The van der Waals surface area contributed by atoms with E-state index < -0.39 is 10.0 Å². The molecule has 25 heavy (non-hydrogen) atoms. The summed E-state index contributed by atoms with van der Waals surface area (Å²) in [5.41, 5.74) is 0.183. The molecule has 0 radical (unpaired) electrons. The van der Waals surface area contributed by atoms with Crippen LogP contribution in [0.5, 0.6) is 11.6 Å². The number of aromatic nitrogens is 1. The molecule has 0 unspecified atom stereocenters. The molecule has 0 bridgehead atoms. The van der Waals surface area contributed by atoms with Crippen molar-refractivity contribution in [2.24, 2.45) is 0 Å². The van der Waals surface area contributed by atoms with Gasteiger partial charge in [-0.2, -0.15) is 0 Å². The van der Waals surface area contributed by atoms with Gasteiger partial charge in [0.05, 0.1) is 10.0 Å². The summed E-state index contributed by atoms with van der Waals surface area (Å²) in [7, 11) is -3.97. The number of hydrogen-bond acceptors (Lipinski definition) is 4. The number of para-hydroxylation sites is 1. The number of ether oxygens (including phenoxy) is 1. The van der Waals surface area contributed by atoms with E-state index in [9.17, 15) is 8.42 Å². The monoisotopic (exact) mass is 394 g/mol. The average Bonchev–Trinajstić information content (AvgIpc) is 2.59. The van der Waals surface area contributed by atoms with Crippen molar-refractivity contribution in [1.82, 2.24) is 4.98 Å². The number of anilines is 1. The second-order valence-electron chi connectivity index (χ2n) is 4.93. The average molecular weight is 395 g/mol. The second-order valence-corrected chi connectivity index (χ2v) is 7.36. The van der Waals surface area contributed by atoms with Crippen molar-refractivity contribution in [3.63, 3.8) is 0 Å². The summed E-state index contributed by atoms with van der Waals surface area (Å²) >= 11 is 11.9. The summed E-state index contributed by atoms with van der Waals surface area (Å²) < 4.78 is 33.4. The quantitative estimate of drug-likeness (QED) is 0.662. The number of halogens is 2. The highest BCUT2D eigenvalue weighted by atomic mass is 35.5. The molecule has 1 aromatic heterocycles. The van der Waals surface area contributed by atoms with Gasteiger partial charge >= 0.3 is 0 Å². The highest BCUT2D eigenvalue weighted by Crippen LogP contribution is 2.32. The maximum absolute atomic E-state index is 12.6. The van der Waals surface area contributed by atoms with Crippen LogP contribution in [0.2, 0.25) is 10.0 Å². The molecule has 0 aliphatic heterocycles. The summed E-state index contributed by atoms with van der Waals surface area (Å²) in [4.78, 5) is 3.96. The Morgan fingerprint density at radius 2 is 1.68 bits per heavy atom. The minimum absolute atomic E-state index is 0.0499. The van der Waals surface area contributed by atoms with Crippen LogP contribution < -0.4 is 9.46 Å². The highest BCUT2D eigenvalue weighted by molar-refractivity contribution is 7.92. The minimum atomic E-state index is -3.97. The lowest BCUT2D eigenvalue weighted by molar-refractivity contribution is 0.465. The minimum Gasteiger partial charge on any atom is -0.437 e. The van der Waals surface area contributed by atoms with Crippen LogP contribution in [0.3, 0.4) is 0 Å². The van der Waals surface area contributed by atoms with Crippen LogP contribution >= 0.6 is 23.2 Å². The standard InChI is InChI=1S/C17H12Cl2N2O3S/c18-13-8-4-10-15(16(13)19)25(22,23)21-14-9-5-11-20-17(14)24-12-6-2-1-3-7-12/h1-11,21H. The summed E-state index contributed by atoms with van der Waals surface area (Å²) in [6, 6.07) is 16.4. The SMILES string of the molecule is O=S(=O)(Nc1cccnc1Oc1ccccc1)c1cccc(Cl)c1Cl. The molecule has 3 rings (SSSR count). The molecule has 2 aromatic carbocycles. The van der Waals surface area contributed by atoms with Crippen LogP contribution in [0, 0.1) is 0 Å². The maximum Gasteiger partial charge on any atom is 0.263 e. The number of nitrogens with zero attached hydrogens (tertiary/aromatic N) is 1. The van der Waals surface area contributed by atoms with Crippen LogP contribution in [0.1, 0.15) is 0 Å². The van der Waals surface area contributed by atoms with E-state index in [1.165, 1.54) is 24.4 Å². The van der Waals surface area contributed by atoms with Crippen molar-refractivity contribution < 1.29 is 13.2 Å². The fourth-order valence-corrected chi connectivity index (χ4v) is 3.86. The highest BCUT2D eigenvalue weighted by Gasteiger charge is 2.21. The van der Waals surface area contributed by atoms with Crippen molar-refractivity contribution >= 4 is 38.9 Å². The number of nitrogens with one attached hydrogen (secondary N) is 1. The van der Waals surface area contributed by atoms with Gasteiger partial charge < -0.3 is 4.74 Å². The zero-order valence-electron chi connectivity index (χ0n) is 12.7. The van der Waals surface area contributed by atoms with Crippen LogP contribution in [-0.4, -0.2) is 13.4 Å². The normalized spacial score (nSPS) is 11.1. The summed E-state index contributed by atoms with van der Waals surface area (Å²) in [5, 5.41) is 0.0996. The molecule has 0 amide bonds. The lowest BCUT2D eigenvalue weighted by Crippen LogP contribution is -2.14. The molecular weight excluding hydrogens is 383 g/mol. The van der Waals surface area contributed by atoms with E-state index in [1.54, 1.807) is 36.4 Å². The van der Waals surface area contributed by atoms with Gasteiger partial charge in [0.25, 0.3) is 10.0 Å². The zero-order chi connectivity index (χ0) is 17.9. The van der Waals surface area contributed by atoms with Crippen molar-refractivity contribution in [2.45, 2.75) is 4.90 Å². The molecule has 0 spiro atoms. The first-order chi connectivity index (χ1) is 12.0. The number of benzene rings is 2. The molecule has 8 heteroatoms. The number of pyridine rings is 1. The van der Waals surface area contributed by atoms with Gasteiger partial charge in [0, 0.05) is 6.20 Å². The Morgan fingerprint density at radius 3 is 2.44 bits per heavy atom. The van der Waals surface area contributed by atoms with E-state index in [1.807, 2.05) is 6.07 Å². The fourth-order valence-electron chi connectivity index (χ4n) is 2.04. The summed E-state index contributed by atoms with van der Waals surface area (Å²) in [6.45, 7) is 0. The van der Waals surface area contributed by atoms with Gasteiger partial charge in [-0.15, -0.1) is 0 Å². The smallest absolute Gasteiger partial charge is 0.263 e. The Kier molecular flexibility index (Phi) is 5.13. The molecule has 0 saturated carbocycles. The first-order valence-corrected chi connectivity index (χ1v) is 9.36. The summed E-state index contributed by atoms with van der Waals surface area (Å²) in [5.74, 6) is 0.651. The molecule has 0 aliphatic carbocycles. The summed E-state index contributed by atoms with van der Waals surface area (Å²) in [6.07, 6.45) is 1.50. The van der Waals surface area contributed by atoms with Gasteiger partial charge in [-0.1, -0.05) is 47.5 Å².